The quantitative estimate of drug-likeness (QED) is 0.0871. The van der Waals surface area contributed by atoms with Gasteiger partial charge in [-0.25, -0.2) is 31.3 Å². The average molecular weight is 894 g/mol. The number of ether oxygens (including phenoxy) is 1. The molecule has 2 fully saturated rings. The highest BCUT2D eigenvalue weighted by atomic mass is 35.5. The van der Waals surface area contributed by atoms with Crippen LogP contribution in [0.1, 0.15) is 66.0 Å². The zero-order valence-electron chi connectivity index (χ0n) is 31.8. The van der Waals surface area contributed by atoms with Crippen molar-refractivity contribution in [3.63, 3.8) is 0 Å². The van der Waals surface area contributed by atoms with E-state index in [0.29, 0.717) is 27.5 Å². The molecule has 9 rings (SSSR count). The number of nitrogens with one attached hydrogen (secondary N) is 2. The van der Waals surface area contributed by atoms with E-state index in [1.165, 1.54) is 40.9 Å². The van der Waals surface area contributed by atoms with Gasteiger partial charge in [-0.1, -0.05) is 23.5 Å². The van der Waals surface area contributed by atoms with Crippen LogP contribution in [0, 0.1) is 23.5 Å². The van der Waals surface area contributed by atoms with Crippen LogP contribution < -0.4 is 20.3 Å². The van der Waals surface area contributed by atoms with Crippen molar-refractivity contribution in [2.75, 3.05) is 17.6 Å². The minimum atomic E-state index is -3.54. The normalized spacial score (nSPS) is 19.2. The molecule has 0 radical (unpaired) electrons. The van der Waals surface area contributed by atoms with Gasteiger partial charge in [-0.15, -0.1) is 0 Å². The van der Waals surface area contributed by atoms with E-state index in [0.717, 1.165) is 16.7 Å². The molecule has 4 heterocycles. The van der Waals surface area contributed by atoms with Gasteiger partial charge in [0.05, 0.1) is 39.6 Å². The summed E-state index contributed by atoms with van der Waals surface area (Å²) in [6.45, 7) is -1.09. The average Bonchev–Trinajstić information content (AvgIpc) is 3.71. The number of benzene rings is 2. The van der Waals surface area contributed by atoms with E-state index in [1.54, 1.807) is 13.3 Å². The number of amides is 1. The molecule has 61 heavy (non-hydrogen) atoms. The molecule has 0 aliphatic heterocycles. The van der Waals surface area contributed by atoms with Crippen LogP contribution in [0.25, 0.3) is 27.6 Å². The third kappa shape index (κ3) is 7.21. The van der Waals surface area contributed by atoms with Crippen molar-refractivity contribution in [3.8, 4) is 11.6 Å². The fraction of sp³-hybridized carbons (Fsp3) is 0.385. The number of fused-ring (bicyclic) bond motifs is 5. The fourth-order valence-electron chi connectivity index (χ4n) is 8.55. The van der Waals surface area contributed by atoms with Gasteiger partial charge in [0, 0.05) is 62.1 Å². The van der Waals surface area contributed by atoms with Gasteiger partial charge in [0.2, 0.25) is 17.7 Å². The van der Waals surface area contributed by atoms with Gasteiger partial charge >= 0.3 is 0 Å². The van der Waals surface area contributed by atoms with Crippen LogP contribution >= 0.6 is 23.5 Å². The van der Waals surface area contributed by atoms with E-state index in [2.05, 4.69) is 25.2 Å². The molecule has 4 aromatic heterocycles. The van der Waals surface area contributed by atoms with Crippen LogP contribution in [0.15, 0.2) is 47.3 Å². The maximum absolute atomic E-state index is 15.5. The molecule has 2 aromatic carbocycles. The van der Waals surface area contributed by atoms with Crippen molar-refractivity contribution >= 4 is 57.2 Å². The molecule has 0 bridgehead atoms. The molecular formula is C39H32ClF8N9O3S. The van der Waals surface area contributed by atoms with E-state index >= 15 is 8.78 Å². The van der Waals surface area contributed by atoms with E-state index < -0.39 is 89.5 Å². The fourth-order valence-corrected chi connectivity index (χ4v) is 9.13. The highest BCUT2D eigenvalue weighted by molar-refractivity contribution is 7.99. The van der Waals surface area contributed by atoms with Gasteiger partial charge in [0.15, 0.2) is 11.5 Å². The molecule has 3 atom stereocenters. The van der Waals surface area contributed by atoms with Crippen molar-refractivity contribution in [1.29, 1.82) is 0 Å². The Hall–Kier alpha value is -5.44. The molecule has 1 amide bonds. The molecule has 320 valence electrons. The monoisotopic (exact) mass is 893 g/mol. The molecule has 3 unspecified atom stereocenters. The Morgan fingerprint density at radius 1 is 1.05 bits per heavy atom. The van der Waals surface area contributed by atoms with Crippen molar-refractivity contribution in [2.24, 2.45) is 18.9 Å². The topological polar surface area (TPSA) is 134 Å². The summed E-state index contributed by atoms with van der Waals surface area (Å²) in [5, 5.41) is 11.4. The maximum atomic E-state index is 15.5. The molecule has 0 spiro atoms. The smallest absolute Gasteiger partial charge is 0.293 e. The summed E-state index contributed by atoms with van der Waals surface area (Å²) < 4.78 is 127. The summed E-state index contributed by atoms with van der Waals surface area (Å²) in [5.74, 6) is -11.9. The SMILES string of the molecule is CSNc1nn(C)c2c(-n3c(C(Cc4cc(F)cc(F)c4)NC(=O)Cn4nc(C(F)F)c5c4C(F)(F)C4CC54)nc4nc(OCC5CC(F)(F)C5)ccc4c3=O)ccc(Cl)c12. The van der Waals surface area contributed by atoms with Crippen molar-refractivity contribution < 1.29 is 44.7 Å². The van der Waals surface area contributed by atoms with Gasteiger partial charge in [-0.3, -0.25) is 23.5 Å². The number of alkyl halides is 6. The Balaban J connectivity index is 1.20. The first-order chi connectivity index (χ1) is 28.9. The first-order valence-corrected chi connectivity index (χ1v) is 20.4. The number of carbonyl (C=O) groups is 1. The number of nitrogens with zero attached hydrogens (tertiary/aromatic N) is 7. The van der Waals surface area contributed by atoms with Gasteiger partial charge in [-0.2, -0.15) is 24.0 Å². The highest BCUT2D eigenvalue weighted by Crippen LogP contribution is 2.68. The lowest BCUT2D eigenvalue weighted by Crippen LogP contribution is -2.38. The Kier molecular flexibility index (Phi) is 9.99. The lowest BCUT2D eigenvalue weighted by Gasteiger charge is -2.34. The molecular weight excluding hydrogens is 862 g/mol. The largest absolute Gasteiger partial charge is 0.477 e. The first kappa shape index (κ1) is 40.9. The second kappa shape index (κ2) is 14.9. The second-order valence-corrected chi connectivity index (χ2v) is 16.4. The summed E-state index contributed by atoms with van der Waals surface area (Å²) in [4.78, 5) is 38.0. The number of hydrogen-bond donors (Lipinski definition) is 2. The zero-order valence-corrected chi connectivity index (χ0v) is 33.4. The van der Waals surface area contributed by atoms with E-state index in [4.69, 9.17) is 21.3 Å². The number of aryl methyl sites for hydroxylation is 1. The van der Waals surface area contributed by atoms with Gasteiger partial charge < -0.3 is 14.8 Å². The second-order valence-electron chi connectivity index (χ2n) is 15.4. The molecule has 12 nitrogen and oxygen atoms in total. The third-order valence-electron chi connectivity index (χ3n) is 11.2. The lowest BCUT2D eigenvalue weighted by molar-refractivity contribution is -0.123. The molecule has 3 aliphatic rings. The summed E-state index contributed by atoms with van der Waals surface area (Å²) in [6.07, 6.45) is -2.68. The molecule has 2 saturated carbocycles. The minimum absolute atomic E-state index is 0.00415. The number of pyridine rings is 1. The van der Waals surface area contributed by atoms with Crippen LogP contribution in [-0.2, 0) is 30.7 Å². The van der Waals surface area contributed by atoms with Crippen LogP contribution in [-0.4, -0.2) is 58.8 Å². The Morgan fingerprint density at radius 3 is 2.48 bits per heavy atom. The predicted octanol–water partition coefficient (Wildman–Crippen LogP) is 8.16. The minimum Gasteiger partial charge on any atom is -0.477 e. The van der Waals surface area contributed by atoms with Crippen LogP contribution in [0.3, 0.4) is 0 Å². The lowest BCUT2D eigenvalue weighted by atomic mass is 9.82. The van der Waals surface area contributed by atoms with Crippen molar-refractivity contribution in [2.45, 2.75) is 62.5 Å². The predicted molar refractivity (Wildman–Crippen MR) is 208 cm³/mol. The number of anilines is 1. The van der Waals surface area contributed by atoms with Crippen LogP contribution in [0.4, 0.5) is 40.9 Å². The van der Waals surface area contributed by atoms with Crippen LogP contribution in [0.5, 0.6) is 5.88 Å². The number of hydrogen-bond acceptors (Lipinski definition) is 9. The van der Waals surface area contributed by atoms with E-state index in [9.17, 15) is 35.9 Å². The number of carbonyl (C=O) groups excluding carboxylic acids is 1. The summed E-state index contributed by atoms with van der Waals surface area (Å²) in [7, 11) is 1.58. The first-order valence-electron chi connectivity index (χ1n) is 18.8. The molecule has 22 heteroatoms. The third-order valence-corrected chi connectivity index (χ3v) is 11.9. The summed E-state index contributed by atoms with van der Waals surface area (Å²) in [6, 6.07) is 6.75. The zero-order chi connectivity index (χ0) is 43.3. The summed E-state index contributed by atoms with van der Waals surface area (Å²) >= 11 is 7.89. The molecule has 3 aliphatic carbocycles. The number of halogens is 9. The van der Waals surface area contributed by atoms with E-state index in [-0.39, 0.29) is 70.4 Å². The maximum Gasteiger partial charge on any atom is 0.293 e. The standard InChI is InChI=1S/C39H32ClF8N9O3S/c1-55-31-25(5-4-23(40)29(31)35(53-55)54-61-2)57-36(51-34-20(37(57)59)3-6-27(50-34)60-15-17-12-38(45,46)13-17)24(9-16-7-18(41)10-19(42)8-16)49-26(58)14-56-32-28(30(52-56)33(43)44)21-11-22(21)39(32,47)48/h3-8,10,17,21-22,24,33H,9,11-15H2,1-2H3,(H,49,58)(H,53,54). The Bertz CT molecular complexity index is 2810. The molecule has 6 aromatic rings. The number of rotatable bonds is 13. The molecule has 2 N–H and O–H groups in total. The Labute approximate surface area is 348 Å². The van der Waals surface area contributed by atoms with E-state index in [1.807, 2.05) is 0 Å². The van der Waals surface area contributed by atoms with Crippen LogP contribution in [0.2, 0.25) is 5.02 Å². The summed E-state index contributed by atoms with van der Waals surface area (Å²) in [5.41, 5.74) is -2.54. The van der Waals surface area contributed by atoms with Gasteiger partial charge in [0.25, 0.3) is 17.9 Å². The van der Waals surface area contributed by atoms with Gasteiger partial charge in [0.1, 0.15) is 35.4 Å². The van der Waals surface area contributed by atoms with Crippen molar-refractivity contribution in [3.05, 3.63) is 97.8 Å². The molecule has 0 saturated heterocycles. The Morgan fingerprint density at radius 2 is 1.79 bits per heavy atom. The van der Waals surface area contributed by atoms with Gasteiger partial charge in [-0.05, 0) is 48.2 Å². The number of aromatic nitrogens is 7. The van der Waals surface area contributed by atoms with Crippen molar-refractivity contribution in [1.82, 2.24) is 39.4 Å². The highest BCUT2D eigenvalue weighted by Gasteiger charge is 2.67.